The standard InChI is InChI=1S/C17H25ClN2O4S2/c18-17(21)24-12-8-6-4-2-1-3-5-7-9-13-25-26-16-11-10-15(14-19-16)20(22)23/h10-11,14H,1-9,12-13H2. The number of unbranched alkanes of at least 4 members (excludes halogenated alkanes) is 8. The summed E-state index contributed by atoms with van der Waals surface area (Å²) in [6.07, 6.45) is 11.8. The number of rotatable bonds is 15. The Kier molecular flexibility index (Phi) is 13.4. The highest BCUT2D eigenvalue weighted by molar-refractivity contribution is 8.76. The van der Waals surface area contributed by atoms with Gasteiger partial charge >= 0.3 is 5.43 Å². The topological polar surface area (TPSA) is 82.3 Å². The average Bonchev–Trinajstić information content (AvgIpc) is 2.62. The van der Waals surface area contributed by atoms with Crippen LogP contribution in [0.2, 0.25) is 0 Å². The molecule has 9 heteroatoms. The summed E-state index contributed by atoms with van der Waals surface area (Å²) in [5.41, 5.74) is -0.691. The molecule has 0 N–H and O–H groups in total. The second-order valence-electron chi connectivity index (χ2n) is 5.79. The minimum Gasteiger partial charge on any atom is -0.454 e. The first-order valence-corrected chi connectivity index (χ1v) is 11.5. The van der Waals surface area contributed by atoms with E-state index in [0.29, 0.717) is 6.61 Å². The minimum atomic E-state index is -0.717. The molecule has 6 nitrogen and oxygen atoms in total. The van der Waals surface area contributed by atoms with E-state index in [1.54, 1.807) is 27.7 Å². The van der Waals surface area contributed by atoms with Crippen LogP contribution in [0.5, 0.6) is 0 Å². The van der Waals surface area contributed by atoms with E-state index in [1.807, 2.05) is 0 Å². The third-order valence-corrected chi connectivity index (χ3v) is 6.12. The van der Waals surface area contributed by atoms with Gasteiger partial charge in [-0.25, -0.2) is 9.78 Å². The number of nitrogens with zero attached hydrogens (tertiary/aromatic N) is 2. The SMILES string of the molecule is O=C(Cl)OCCCCCCCCCCCSSc1ccc([N+](=O)[O-])cn1. The molecule has 1 aromatic rings. The summed E-state index contributed by atoms with van der Waals surface area (Å²) in [4.78, 5) is 24.6. The zero-order chi connectivity index (χ0) is 19.0. The number of carbonyl (C=O) groups is 1. The molecule has 1 rings (SSSR count). The molecule has 0 fully saturated rings. The predicted octanol–water partition coefficient (Wildman–Crippen LogP) is 6.62. The normalized spacial score (nSPS) is 10.7. The average molecular weight is 421 g/mol. The van der Waals surface area contributed by atoms with Crippen molar-refractivity contribution in [2.75, 3.05) is 12.4 Å². The fourth-order valence-electron chi connectivity index (χ4n) is 2.28. The first-order valence-electron chi connectivity index (χ1n) is 8.82. The lowest BCUT2D eigenvalue weighted by Crippen LogP contribution is -1.96. The van der Waals surface area contributed by atoms with Crippen molar-refractivity contribution >= 4 is 44.3 Å². The van der Waals surface area contributed by atoms with Crippen LogP contribution in [0.4, 0.5) is 10.5 Å². The van der Waals surface area contributed by atoms with Gasteiger partial charge in [-0.15, -0.1) is 0 Å². The summed E-state index contributed by atoms with van der Waals surface area (Å²) in [6, 6.07) is 3.18. The maximum atomic E-state index is 10.6. The van der Waals surface area contributed by atoms with Crippen molar-refractivity contribution in [3.63, 3.8) is 0 Å². The molecule has 1 aromatic heterocycles. The third-order valence-electron chi connectivity index (χ3n) is 3.66. The molecule has 0 saturated heterocycles. The molecule has 0 saturated carbocycles. The van der Waals surface area contributed by atoms with Crippen LogP contribution in [0.3, 0.4) is 0 Å². The second-order valence-corrected chi connectivity index (χ2v) is 8.53. The van der Waals surface area contributed by atoms with E-state index in [-0.39, 0.29) is 5.69 Å². The summed E-state index contributed by atoms with van der Waals surface area (Å²) < 4.78 is 4.67. The Morgan fingerprint density at radius 1 is 1.08 bits per heavy atom. The molecule has 0 amide bonds. The van der Waals surface area contributed by atoms with E-state index < -0.39 is 10.4 Å². The van der Waals surface area contributed by atoms with Crippen molar-refractivity contribution in [1.29, 1.82) is 0 Å². The number of nitro groups is 1. The Bertz CT molecular complexity index is 532. The van der Waals surface area contributed by atoms with Gasteiger partial charge < -0.3 is 4.74 Å². The van der Waals surface area contributed by atoms with Crippen molar-refractivity contribution in [3.05, 3.63) is 28.4 Å². The number of halogens is 1. The van der Waals surface area contributed by atoms with Crippen molar-refractivity contribution in [2.45, 2.75) is 62.8 Å². The molecular formula is C17H25ClN2O4S2. The molecule has 26 heavy (non-hydrogen) atoms. The highest BCUT2D eigenvalue weighted by atomic mass is 35.5. The molecule has 0 atom stereocenters. The lowest BCUT2D eigenvalue weighted by molar-refractivity contribution is -0.385. The van der Waals surface area contributed by atoms with Crippen LogP contribution in [0.25, 0.3) is 0 Å². The number of aromatic nitrogens is 1. The lowest BCUT2D eigenvalue weighted by atomic mass is 10.1. The summed E-state index contributed by atoms with van der Waals surface area (Å²) in [7, 11) is 3.31. The molecule has 146 valence electrons. The van der Waals surface area contributed by atoms with Crippen molar-refractivity contribution in [1.82, 2.24) is 4.98 Å². The maximum Gasteiger partial charge on any atom is 0.403 e. The third kappa shape index (κ3) is 12.4. The van der Waals surface area contributed by atoms with E-state index in [0.717, 1.165) is 23.6 Å². The Balaban J connectivity index is 1.85. The molecule has 0 aliphatic rings. The Morgan fingerprint density at radius 3 is 2.23 bits per heavy atom. The molecule has 1 heterocycles. The van der Waals surface area contributed by atoms with Crippen LogP contribution < -0.4 is 0 Å². The van der Waals surface area contributed by atoms with Gasteiger partial charge in [-0.2, -0.15) is 0 Å². The molecule has 0 aliphatic heterocycles. The molecule has 0 aromatic carbocycles. The van der Waals surface area contributed by atoms with Crippen molar-refractivity contribution < 1.29 is 14.5 Å². The van der Waals surface area contributed by atoms with E-state index in [4.69, 9.17) is 11.6 Å². The van der Waals surface area contributed by atoms with Crippen LogP contribution in [-0.2, 0) is 4.74 Å². The molecule has 0 radical (unpaired) electrons. The summed E-state index contributed by atoms with van der Waals surface area (Å²) in [5.74, 6) is 1.06. The number of hydrogen-bond donors (Lipinski definition) is 0. The van der Waals surface area contributed by atoms with E-state index in [9.17, 15) is 14.9 Å². The molecule has 0 bridgehead atoms. The van der Waals surface area contributed by atoms with Crippen LogP contribution in [-0.4, -0.2) is 27.7 Å². The van der Waals surface area contributed by atoms with Crippen LogP contribution in [0, 0.1) is 10.1 Å². The van der Waals surface area contributed by atoms with E-state index >= 15 is 0 Å². The van der Waals surface area contributed by atoms with E-state index in [2.05, 4.69) is 9.72 Å². The number of pyridine rings is 1. The monoisotopic (exact) mass is 420 g/mol. The van der Waals surface area contributed by atoms with Gasteiger partial charge in [-0.05, 0) is 29.7 Å². The summed E-state index contributed by atoms with van der Waals surface area (Å²) in [6.45, 7) is 0.424. The molecular weight excluding hydrogens is 396 g/mol. The van der Waals surface area contributed by atoms with Crippen LogP contribution in [0.1, 0.15) is 57.8 Å². The molecule has 0 unspecified atom stereocenters. The Morgan fingerprint density at radius 2 is 1.69 bits per heavy atom. The lowest BCUT2D eigenvalue weighted by Gasteiger charge is -2.03. The van der Waals surface area contributed by atoms with Crippen molar-refractivity contribution in [2.24, 2.45) is 0 Å². The second kappa shape index (κ2) is 15.1. The molecule has 0 spiro atoms. The van der Waals surface area contributed by atoms with Gasteiger partial charge in [-0.1, -0.05) is 55.7 Å². The molecule has 0 aliphatic carbocycles. The predicted molar refractivity (Wildman–Crippen MR) is 108 cm³/mol. The first-order chi connectivity index (χ1) is 12.6. The fourth-order valence-corrected chi connectivity index (χ4v) is 4.37. The summed E-state index contributed by atoms with van der Waals surface area (Å²) >= 11 is 5.08. The van der Waals surface area contributed by atoms with Gasteiger partial charge in [-0.3, -0.25) is 10.1 Å². The summed E-state index contributed by atoms with van der Waals surface area (Å²) in [5, 5.41) is 11.4. The van der Waals surface area contributed by atoms with Crippen LogP contribution >= 0.6 is 33.2 Å². The van der Waals surface area contributed by atoms with E-state index in [1.165, 1.54) is 57.2 Å². The highest BCUT2D eigenvalue weighted by Crippen LogP contribution is 2.31. The van der Waals surface area contributed by atoms with Gasteiger partial charge in [0, 0.05) is 23.4 Å². The first kappa shape index (κ1) is 23.0. The minimum absolute atomic E-state index is 0.0260. The quantitative estimate of drug-likeness (QED) is 0.104. The Hall–Kier alpha value is -0.990. The smallest absolute Gasteiger partial charge is 0.403 e. The fraction of sp³-hybridized carbons (Fsp3) is 0.647. The van der Waals surface area contributed by atoms with Crippen LogP contribution in [0.15, 0.2) is 23.4 Å². The van der Waals surface area contributed by atoms with Crippen molar-refractivity contribution in [3.8, 4) is 0 Å². The highest BCUT2D eigenvalue weighted by Gasteiger charge is 2.05. The number of hydrogen-bond acceptors (Lipinski definition) is 7. The zero-order valence-electron chi connectivity index (χ0n) is 14.7. The van der Waals surface area contributed by atoms with Gasteiger partial charge in [0.15, 0.2) is 0 Å². The van der Waals surface area contributed by atoms with Gasteiger partial charge in [0.2, 0.25) is 0 Å². The van der Waals surface area contributed by atoms with Gasteiger partial charge in [0.1, 0.15) is 11.2 Å². The van der Waals surface area contributed by atoms with Gasteiger partial charge in [0.05, 0.1) is 11.5 Å². The largest absolute Gasteiger partial charge is 0.454 e. The maximum absolute atomic E-state index is 10.6. The Labute approximate surface area is 167 Å². The van der Waals surface area contributed by atoms with Gasteiger partial charge in [0.25, 0.3) is 5.69 Å². The zero-order valence-corrected chi connectivity index (χ0v) is 17.1. The number of ether oxygens (including phenoxy) is 1. The number of carbonyl (C=O) groups excluding carboxylic acids is 1.